The van der Waals surface area contributed by atoms with E-state index in [9.17, 15) is 0 Å². The van der Waals surface area contributed by atoms with Gasteiger partial charge in [-0.25, -0.2) is 15.0 Å². The molecule has 26 heavy (non-hydrogen) atoms. The van der Waals surface area contributed by atoms with Crippen molar-refractivity contribution >= 4 is 17.0 Å². The first kappa shape index (κ1) is 18.9. The maximum absolute atomic E-state index is 6.17. The van der Waals surface area contributed by atoms with Crippen molar-refractivity contribution in [3.63, 3.8) is 0 Å². The molecule has 0 bridgehead atoms. The van der Waals surface area contributed by atoms with Gasteiger partial charge in [-0.3, -0.25) is 4.57 Å². The quantitative estimate of drug-likeness (QED) is 0.695. The number of nitrogens with zero attached hydrogens (tertiary/aromatic N) is 5. The Morgan fingerprint density at radius 1 is 1.35 bits per heavy atom. The summed E-state index contributed by atoms with van der Waals surface area (Å²) in [6.45, 7) is 5.74. The Balaban J connectivity index is 1.93. The normalized spacial score (nSPS) is 23.8. The Morgan fingerprint density at radius 3 is 2.81 bits per heavy atom. The van der Waals surface area contributed by atoms with Crippen LogP contribution in [0.4, 0.5) is 5.82 Å². The molecule has 2 aromatic heterocycles. The van der Waals surface area contributed by atoms with Crippen LogP contribution in [0.25, 0.3) is 11.2 Å². The molecule has 144 valence electrons. The van der Waals surface area contributed by atoms with Gasteiger partial charge >= 0.3 is 0 Å². The van der Waals surface area contributed by atoms with E-state index < -0.39 is 12.0 Å². The van der Waals surface area contributed by atoms with Gasteiger partial charge in [-0.2, -0.15) is 0 Å². The van der Waals surface area contributed by atoms with E-state index in [0.29, 0.717) is 30.1 Å². The lowest BCUT2D eigenvalue weighted by Gasteiger charge is -2.29. The number of hydrogen-bond donors (Lipinski definition) is 2. The fourth-order valence-electron chi connectivity index (χ4n) is 3.23. The molecule has 3 heterocycles. The monoisotopic (exact) mass is 365 g/mol. The number of ether oxygens (including phenoxy) is 3. The Morgan fingerprint density at radius 2 is 2.12 bits per heavy atom. The van der Waals surface area contributed by atoms with Crippen LogP contribution in [0.1, 0.15) is 20.1 Å². The zero-order chi connectivity index (χ0) is 18.9. The molecule has 0 unspecified atom stereocenters. The zero-order valence-electron chi connectivity index (χ0n) is 15.6. The molecule has 3 atom stereocenters. The highest BCUT2D eigenvalue weighted by molar-refractivity contribution is 5.81. The fourth-order valence-corrected chi connectivity index (χ4v) is 3.23. The van der Waals surface area contributed by atoms with Crippen molar-refractivity contribution < 1.29 is 14.2 Å². The van der Waals surface area contributed by atoms with Gasteiger partial charge in [0.05, 0.1) is 6.33 Å². The molecule has 0 amide bonds. The van der Waals surface area contributed by atoms with Gasteiger partial charge in [-0.1, -0.05) is 0 Å². The van der Waals surface area contributed by atoms with Crippen LogP contribution >= 0.6 is 0 Å². The molecular formula is C16H27N7O3. The van der Waals surface area contributed by atoms with Crippen molar-refractivity contribution in [3.8, 4) is 0 Å². The van der Waals surface area contributed by atoms with Gasteiger partial charge in [0, 0.05) is 26.7 Å². The topological polar surface area (TPSA) is 127 Å². The minimum absolute atomic E-state index is 0.227. The van der Waals surface area contributed by atoms with Crippen molar-refractivity contribution in [2.24, 2.45) is 5.73 Å². The summed E-state index contributed by atoms with van der Waals surface area (Å²) >= 11 is 0. The van der Waals surface area contributed by atoms with E-state index in [-0.39, 0.29) is 12.2 Å². The van der Waals surface area contributed by atoms with Crippen LogP contribution in [0.15, 0.2) is 12.7 Å². The number of methoxy groups -OCH3 is 1. The fraction of sp³-hybridized carbons (Fsp3) is 0.688. The molecule has 2 aromatic rings. The number of nitrogens with two attached hydrogens (primary N) is 2. The van der Waals surface area contributed by atoms with E-state index in [1.807, 2.05) is 25.5 Å². The number of likely N-dealkylation sites (N-methyl/N-ethyl adjacent to an activating group) is 1. The average molecular weight is 365 g/mol. The Hall–Kier alpha value is -1.85. The standard InChI is InChI=1S/C16H27N7O3/c1-16(2)25-12(10(24-4)7-22(3)6-5-17)15(26-16)23-9-21-11-13(18)19-8-20-14(11)23/h8-10,12,15H,5-7,17H2,1-4H3,(H2,18,19,20)/t10-,12-,15-/m1/s1. The van der Waals surface area contributed by atoms with Crippen LogP contribution in [0, 0.1) is 0 Å². The van der Waals surface area contributed by atoms with Gasteiger partial charge in [-0.05, 0) is 20.9 Å². The number of imidazole rings is 1. The highest BCUT2D eigenvalue weighted by Crippen LogP contribution is 2.38. The summed E-state index contributed by atoms with van der Waals surface area (Å²) in [5.74, 6) is -0.442. The van der Waals surface area contributed by atoms with Gasteiger partial charge in [0.1, 0.15) is 24.1 Å². The van der Waals surface area contributed by atoms with Gasteiger partial charge in [0.2, 0.25) is 0 Å². The van der Waals surface area contributed by atoms with E-state index >= 15 is 0 Å². The van der Waals surface area contributed by atoms with Crippen LogP contribution in [0.2, 0.25) is 0 Å². The van der Waals surface area contributed by atoms with Crippen LogP contribution in [-0.2, 0) is 14.2 Å². The third kappa shape index (κ3) is 3.64. The lowest BCUT2D eigenvalue weighted by Crippen LogP contribution is -2.43. The van der Waals surface area contributed by atoms with E-state index in [2.05, 4.69) is 19.9 Å². The van der Waals surface area contributed by atoms with E-state index in [1.54, 1.807) is 13.4 Å². The van der Waals surface area contributed by atoms with Crippen molar-refractivity contribution in [2.45, 2.75) is 38.1 Å². The summed E-state index contributed by atoms with van der Waals surface area (Å²) in [4.78, 5) is 14.7. The van der Waals surface area contributed by atoms with E-state index in [4.69, 9.17) is 25.7 Å². The van der Waals surface area contributed by atoms with Gasteiger partial charge < -0.3 is 30.6 Å². The third-order valence-electron chi connectivity index (χ3n) is 4.44. The number of hydrogen-bond acceptors (Lipinski definition) is 9. The van der Waals surface area contributed by atoms with Crippen LogP contribution in [-0.4, -0.2) is 76.2 Å². The molecule has 1 fully saturated rings. The van der Waals surface area contributed by atoms with Crippen LogP contribution in [0.3, 0.4) is 0 Å². The molecule has 1 aliphatic heterocycles. The summed E-state index contributed by atoms with van der Waals surface area (Å²) in [6.07, 6.45) is 2.02. The predicted molar refractivity (Wildman–Crippen MR) is 96.2 cm³/mol. The van der Waals surface area contributed by atoms with Gasteiger partial charge in [-0.15, -0.1) is 0 Å². The summed E-state index contributed by atoms with van der Waals surface area (Å²) in [5, 5.41) is 0. The molecule has 10 heteroatoms. The lowest BCUT2D eigenvalue weighted by atomic mass is 10.1. The van der Waals surface area contributed by atoms with Crippen molar-refractivity contribution in [2.75, 3.05) is 39.5 Å². The molecule has 0 saturated carbocycles. The Kier molecular flexibility index (Phi) is 5.39. The van der Waals surface area contributed by atoms with Gasteiger partial charge in [0.25, 0.3) is 0 Å². The summed E-state index contributed by atoms with van der Waals surface area (Å²) in [5.41, 5.74) is 12.7. The first-order valence-electron chi connectivity index (χ1n) is 8.56. The number of rotatable bonds is 7. The first-order chi connectivity index (χ1) is 12.4. The van der Waals surface area contributed by atoms with Crippen LogP contribution in [0.5, 0.6) is 0 Å². The summed E-state index contributed by atoms with van der Waals surface area (Å²) in [6, 6.07) is 0. The number of aromatic nitrogens is 4. The summed E-state index contributed by atoms with van der Waals surface area (Å²) in [7, 11) is 3.66. The second-order valence-corrected chi connectivity index (χ2v) is 6.90. The highest BCUT2D eigenvalue weighted by Gasteiger charge is 2.47. The Labute approximate surface area is 152 Å². The van der Waals surface area contributed by atoms with E-state index in [1.165, 1.54) is 6.33 Å². The van der Waals surface area contributed by atoms with E-state index in [0.717, 1.165) is 6.54 Å². The van der Waals surface area contributed by atoms with Gasteiger partial charge in [0.15, 0.2) is 23.5 Å². The second kappa shape index (κ2) is 7.41. The SMILES string of the molecule is CO[C@H](CN(C)CCN)[C@H]1OC(C)(C)O[C@H]1n1cnc2c(N)ncnc21. The largest absolute Gasteiger partial charge is 0.382 e. The van der Waals surface area contributed by atoms with Crippen molar-refractivity contribution in [1.82, 2.24) is 24.4 Å². The lowest BCUT2D eigenvalue weighted by molar-refractivity contribution is -0.161. The average Bonchev–Trinajstić information content (AvgIpc) is 3.14. The van der Waals surface area contributed by atoms with Crippen molar-refractivity contribution in [3.05, 3.63) is 12.7 Å². The smallest absolute Gasteiger partial charge is 0.169 e. The number of fused-ring (bicyclic) bond motifs is 1. The molecule has 3 rings (SSSR count). The zero-order valence-corrected chi connectivity index (χ0v) is 15.6. The third-order valence-corrected chi connectivity index (χ3v) is 4.44. The maximum atomic E-state index is 6.17. The number of nitrogen functional groups attached to an aromatic ring is 1. The first-order valence-corrected chi connectivity index (χ1v) is 8.56. The maximum Gasteiger partial charge on any atom is 0.169 e. The molecule has 0 aromatic carbocycles. The minimum atomic E-state index is -0.770. The molecule has 4 N–H and O–H groups in total. The molecule has 0 spiro atoms. The van der Waals surface area contributed by atoms with Crippen molar-refractivity contribution in [1.29, 1.82) is 0 Å². The van der Waals surface area contributed by atoms with Crippen LogP contribution < -0.4 is 11.5 Å². The molecule has 0 radical (unpaired) electrons. The molecule has 1 aliphatic rings. The minimum Gasteiger partial charge on any atom is -0.382 e. The Bertz CT molecular complexity index is 751. The number of anilines is 1. The molecular weight excluding hydrogens is 338 g/mol. The molecule has 10 nitrogen and oxygen atoms in total. The second-order valence-electron chi connectivity index (χ2n) is 6.90. The predicted octanol–water partition coefficient (Wildman–Crippen LogP) is -0.0359. The highest BCUT2D eigenvalue weighted by atomic mass is 16.8. The molecule has 0 aliphatic carbocycles. The summed E-state index contributed by atoms with van der Waals surface area (Å²) < 4.78 is 19.9. The molecule has 1 saturated heterocycles.